The maximum Gasteiger partial charge on any atom is 0.308 e. The van der Waals surface area contributed by atoms with E-state index in [1.807, 2.05) is 41.3 Å². The molecule has 0 spiro atoms. The van der Waals surface area contributed by atoms with E-state index < -0.39 is 11.9 Å². The average Bonchev–Trinajstić information content (AvgIpc) is 3.63. The van der Waals surface area contributed by atoms with Gasteiger partial charge in [-0.05, 0) is 74.4 Å². The third-order valence-corrected chi connectivity index (χ3v) is 8.64. The molecule has 10 nitrogen and oxygen atoms in total. The predicted octanol–water partition coefficient (Wildman–Crippen LogP) is 4.29. The van der Waals surface area contributed by atoms with E-state index in [2.05, 4.69) is 11.8 Å². The number of unbranched alkanes of at least 4 members (excludes halogenated alkanes) is 2. The van der Waals surface area contributed by atoms with Gasteiger partial charge >= 0.3 is 5.97 Å². The second-order valence-electron chi connectivity index (χ2n) is 11.4. The molecule has 4 rings (SSSR count). The van der Waals surface area contributed by atoms with Gasteiger partial charge < -0.3 is 34.7 Å². The number of nitrogens with zero attached hydrogens (tertiary/aromatic N) is 2. The van der Waals surface area contributed by atoms with Crippen molar-refractivity contribution in [3.05, 3.63) is 47.5 Å². The number of carbonyl (C=O) groups is 2. The van der Waals surface area contributed by atoms with Gasteiger partial charge in [-0.15, -0.1) is 0 Å². The molecule has 236 valence electrons. The fraction of sp³-hybridized carbons (Fsp3) is 0.576. The minimum absolute atomic E-state index is 0.0354. The number of fused-ring (bicyclic) bond motifs is 1. The fourth-order valence-electron chi connectivity index (χ4n) is 6.40. The Labute approximate surface area is 255 Å². The average molecular weight is 598 g/mol. The van der Waals surface area contributed by atoms with Gasteiger partial charge in [0, 0.05) is 31.6 Å². The van der Waals surface area contributed by atoms with E-state index in [4.69, 9.17) is 24.7 Å². The molecule has 1 unspecified atom stereocenters. The van der Waals surface area contributed by atoms with E-state index in [9.17, 15) is 14.7 Å². The molecule has 0 bridgehead atoms. The zero-order valence-corrected chi connectivity index (χ0v) is 25.8. The first-order chi connectivity index (χ1) is 20.9. The number of likely N-dealkylation sites (tertiary alicyclic amines) is 1. The zero-order chi connectivity index (χ0) is 30.8. The van der Waals surface area contributed by atoms with Crippen LogP contribution in [-0.4, -0.2) is 86.6 Å². The van der Waals surface area contributed by atoms with Crippen LogP contribution in [0.5, 0.6) is 23.0 Å². The first kappa shape index (κ1) is 32.4. The molecule has 43 heavy (non-hydrogen) atoms. The number of ether oxygens (including phenoxy) is 4. The maximum atomic E-state index is 13.7. The Kier molecular flexibility index (Phi) is 11.9. The topological polar surface area (TPSA) is 124 Å². The number of nitrogens with two attached hydrogens (primary N) is 1. The Morgan fingerprint density at radius 2 is 1.81 bits per heavy atom. The number of methoxy groups -OCH3 is 2. The molecule has 0 aromatic heterocycles. The second kappa shape index (κ2) is 15.8. The van der Waals surface area contributed by atoms with Gasteiger partial charge in [0.05, 0.1) is 26.7 Å². The SMILES string of the molecule is CCCCN(CCCCN)C(=O)CN1C[C@H](c2cc(OC)c3c(c2)OCO3)C(C(=O)O)[C@@H]1CCCc1ccccc1OC. The van der Waals surface area contributed by atoms with Gasteiger partial charge in [-0.2, -0.15) is 0 Å². The van der Waals surface area contributed by atoms with Crippen LogP contribution in [0.25, 0.3) is 0 Å². The molecule has 0 radical (unpaired) electrons. The normalized spacial score (nSPS) is 19.4. The van der Waals surface area contributed by atoms with Crippen molar-refractivity contribution in [3.8, 4) is 23.0 Å². The summed E-state index contributed by atoms with van der Waals surface area (Å²) >= 11 is 0. The van der Waals surface area contributed by atoms with E-state index in [0.29, 0.717) is 49.8 Å². The van der Waals surface area contributed by atoms with Crippen LogP contribution < -0.4 is 24.7 Å². The standard InChI is InChI=1S/C33H47N3O7/c1-4-5-16-35(17-9-8-15-34)30(37)21-36-20-25(24-18-28(41-3)32-29(19-24)42-22-43-32)31(33(38)39)26(36)13-10-12-23-11-6-7-14-27(23)40-2/h6-7,11,14,18-19,25-26,31H,4-5,8-10,12-13,15-17,20-22,34H2,1-3H3,(H,38,39)/t25-,26+,31?/m1/s1. The van der Waals surface area contributed by atoms with E-state index >= 15 is 0 Å². The minimum atomic E-state index is -0.871. The number of para-hydroxylation sites is 1. The Hall–Kier alpha value is -3.50. The molecule has 2 aliphatic heterocycles. The number of carbonyl (C=O) groups excluding carboxylic acids is 1. The highest BCUT2D eigenvalue weighted by Gasteiger charge is 2.47. The summed E-state index contributed by atoms with van der Waals surface area (Å²) in [6.45, 7) is 4.76. The molecule has 2 aromatic carbocycles. The molecular formula is C33H47N3O7. The van der Waals surface area contributed by atoms with E-state index in [1.54, 1.807) is 14.2 Å². The van der Waals surface area contributed by atoms with Gasteiger partial charge in [0.1, 0.15) is 5.75 Å². The van der Waals surface area contributed by atoms with Gasteiger partial charge in [-0.3, -0.25) is 14.5 Å². The smallest absolute Gasteiger partial charge is 0.308 e. The Morgan fingerprint density at radius 3 is 2.53 bits per heavy atom. The van der Waals surface area contributed by atoms with Crippen LogP contribution in [-0.2, 0) is 16.0 Å². The lowest BCUT2D eigenvalue weighted by Gasteiger charge is -2.30. The number of aryl methyl sites for hydroxylation is 1. The minimum Gasteiger partial charge on any atom is -0.496 e. The summed E-state index contributed by atoms with van der Waals surface area (Å²) in [4.78, 5) is 30.7. The fourth-order valence-corrected chi connectivity index (χ4v) is 6.40. The van der Waals surface area contributed by atoms with Gasteiger partial charge in [0.25, 0.3) is 0 Å². The van der Waals surface area contributed by atoms with Crippen LogP contribution in [0.2, 0.25) is 0 Å². The van der Waals surface area contributed by atoms with Gasteiger partial charge in [-0.25, -0.2) is 0 Å². The van der Waals surface area contributed by atoms with Crippen LogP contribution in [0.4, 0.5) is 0 Å². The Balaban J connectivity index is 1.61. The molecule has 2 aliphatic rings. The van der Waals surface area contributed by atoms with Crippen molar-refractivity contribution >= 4 is 11.9 Å². The third-order valence-electron chi connectivity index (χ3n) is 8.64. The van der Waals surface area contributed by atoms with Crippen molar-refractivity contribution in [2.45, 2.75) is 63.8 Å². The molecule has 0 saturated carbocycles. The van der Waals surface area contributed by atoms with Crippen LogP contribution in [0, 0.1) is 5.92 Å². The molecule has 1 amide bonds. The lowest BCUT2D eigenvalue weighted by atomic mass is 9.83. The van der Waals surface area contributed by atoms with Crippen molar-refractivity contribution in [1.29, 1.82) is 0 Å². The number of carboxylic acid groups (broad SMARTS) is 1. The number of benzene rings is 2. The number of rotatable bonds is 17. The lowest BCUT2D eigenvalue weighted by Crippen LogP contribution is -2.44. The quantitative estimate of drug-likeness (QED) is 0.257. The summed E-state index contributed by atoms with van der Waals surface area (Å²) in [6, 6.07) is 11.3. The number of carboxylic acids is 1. The van der Waals surface area contributed by atoms with E-state index in [1.165, 1.54) is 0 Å². The molecule has 3 N–H and O–H groups in total. The van der Waals surface area contributed by atoms with Crippen molar-refractivity contribution < 1.29 is 33.6 Å². The molecular weight excluding hydrogens is 550 g/mol. The number of amides is 1. The summed E-state index contributed by atoms with van der Waals surface area (Å²) in [5.74, 6) is 0.514. The van der Waals surface area contributed by atoms with Gasteiger partial charge in [-0.1, -0.05) is 31.5 Å². The van der Waals surface area contributed by atoms with Crippen molar-refractivity contribution in [1.82, 2.24) is 9.80 Å². The highest BCUT2D eigenvalue weighted by Crippen LogP contribution is 2.47. The van der Waals surface area contributed by atoms with E-state index in [-0.39, 0.29) is 31.2 Å². The first-order valence-electron chi connectivity index (χ1n) is 15.5. The summed E-state index contributed by atoms with van der Waals surface area (Å²) in [6.07, 6.45) is 5.76. The Bertz CT molecular complexity index is 1220. The number of hydrogen-bond acceptors (Lipinski definition) is 8. The van der Waals surface area contributed by atoms with Crippen LogP contribution in [0.15, 0.2) is 36.4 Å². The van der Waals surface area contributed by atoms with Crippen molar-refractivity contribution in [2.24, 2.45) is 11.7 Å². The van der Waals surface area contributed by atoms with E-state index in [0.717, 1.165) is 55.4 Å². The van der Waals surface area contributed by atoms with Crippen molar-refractivity contribution in [2.75, 3.05) is 53.7 Å². The highest BCUT2D eigenvalue weighted by molar-refractivity contribution is 5.79. The molecule has 10 heteroatoms. The molecule has 1 saturated heterocycles. The maximum absolute atomic E-state index is 13.7. The summed E-state index contributed by atoms with van der Waals surface area (Å²) < 4.78 is 22.4. The molecule has 2 aromatic rings. The predicted molar refractivity (Wildman–Crippen MR) is 164 cm³/mol. The third kappa shape index (κ3) is 7.92. The molecule has 0 aliphatic carbocycles. The molecule has 3 atom stereocenters. The molecule has 2 heterocycles. The van der Waals surface area contributed by atoms with Crippen LogP contribution in [0.3, 0.4) is 0 Å². The first-order valence-corrected chi connectivity index (χ1v) is 15.5. The van der Waals surface area contributed by atoms with Gasteiger partial charge in [0.15, 0.2) is 11.5 Å². The zero-order valence-electron chi connectivity index (χ0n) is 25.8. The lowest BCUT2D eigenvalue weighted by molar-refractivity contribution is -0.143. The summed E-state index contributed by atoms with van der Waals surface area (Å²) in [5, 5.41) is 10.6. The van der Waals surface area contributed by atoms with Gasteiger partial charge in [0.2, 0.25) is 18.4 Å². The van der Waals surface area contributed by atoms with Crippen molar-refractivity contribution in [3.63, 3.8) is 0 Å². The second-order valence-corrected chi connectivity index (χ2v) is 11.4. The monoisotopic (exact) mass is 597 g/mol. The largest absolute Gasteiger partial charge is 0.496 e. The summed E-state index contributed by atoms with van der Waals surface area (Å²) in [5.41, 5.74) is 7.61. The molecule has 1 fully saturated rings. The summed E-state index contributed by atoms with van der Waals surface area (Å²) in [7, 11) is 3.22. The highest BCUT2D eigenvalue weighted by atomic mass is 16.7. The number of aliphatic carboxylic acids is 1. The van der Waals surface area contributed by atoms with Crippen LogP contribution in [0.1, 0.15) is 62.5 Å². The number of hydrogen-bond donors (Lipinski definition) is 2. The Morgan fingerprint density at radius 1 is 1.05 bits per heavy atom. The van der Waals surface area contributed by atoms with Crippen LogP contribution >= 0.6 is 0 Å².